The fraction of sp³-hybridized carbons (Fsp3) is 0.100. The van der Waals surface area contributed by atoms with Crippen LogP contribution >= 0.6 is 11.6 Å². The smallest absolute Gasteiger partial charge is 0.141 e. The topological polar surface area (TPSA) is 38.4 Å². The Bertz CT molecular complexity index is 480. The van der Waals surface area contributed by atoms with Crippen molar-refractivity contribution in [1.29, 1.82) is 0 Å². The third-order valence-corrected chi connectivity index (χ3v) is 2.33. The molecule has 0 bridgehead atoms. The second-order valence-corrected chi connectivity index (χ2v) is 3.57. The fourth-order valence-corrected chi connectivity index (χ4v) is 1.53. The van der Waals surface area contributed by atoms with Crippen LogP contribution in [0.5, 0.6) is 0 Å². The first-order chi connectivity index (χ1) is 7.08. The molecule has 1 aliphatic heterocycles. The summed E-state index contributed by atoms with van der Waals surface area (Å²) < 4.78 is 26.2. The van der Waals surface area contributed by atoms with E-state index in [1.54, 1.807) is 0 Å². The molecule has 2 rings (SSSR count). The van der Waals surface area contributed by atoms with Crippen LogP contribution in [0.3, 0.4) is 0 Å². The number of halogens is 3. The number of benzene rings is 1. The number of hydrogen-bond donors (Lipinski definition) is 1. The Morgan fingerprint density at radius 2 is 2.07 bits per heavy atom. The monoisotopic (exact) mass is 228 g/mol. The molecule has 1 aromatic carbocycles. The van der Waals surface area contributed by atoms with Crippen LogP contribution in [0.15, 0.2) is 29.0 Å². The molecule has 5 heteroatoms. The van der Waals surface area contributed by atoms with Gasteiger partial charge in [0.25, 0.3) is 0 Å². The van der Waals surface area contributed by atoms with Crippen LogP contribution in [0, 0.1) is 5.82 Å². The lowest BCUT2D eigenvalue weighted by Gasteiger charge is -2.01. The number of rotatable bonds is 1. The molecule has 2 N–H and O–H groups in total. The molecule has 0 saturated carbocycles. The SMILES string of the molecule is NC1=NC(c2ccc(F)c(Cl)c2)=C(F)C1. The summed E-state index contributed by atoms with van der Waals surface area (Å²) in [4.78, 5) is 3.83. The Morgan fingerprint density at radius 1 is 1.33 bits per heavy atom. The summed E-state index contributed by atoms with van der Waals surface area (Å²) in [6.45, 7) is 0. The van der Waals surface area contributed by atoms with Crippen LogP contribution in [0.25, 0.3) is 5.70 Å². The molecule has 1 aromatic rings. The van der Waals surface area contributed by atoms with E-state index in [0.717, 1.165) is 0 Å². The average molecular weight is 229 g/mol. The van der Waals surface area contributed by atoms with Crippen LogP contribution in [-0.2, 0) is 0 Å². The van der Waals surface area contributed by atoms with Gasteiger partial charge in [-0.15, -0.1) is 0 Å². The van der Waals surface area contributed by atoms with Gasteiger partial charge in [0.2, 0.25) is 0 Å². The quantitative estimate of drug-likeness (QED) is 0.789. The van der Waals surface area contributed by atoms with E-state index in [-0.39, 0.29) is 23.0 Å². The molecule has 1 heterocycles. The Balaban J connectivity index is 2.47. The summed E-state index contributed by atoms with van der Waals surface area (Å²) in [5, 5.41) is -0.0616. The molecule has 0 radical (unpaired) electrons. The van der Waals surface area contributed by atoms with Gasteiger partial charge in [0.1, 0.15) is 23.2 Å². The van der Waals surface area contributed by atoms with E-state index in [9.17, 15) is 8.78 Å². The van der Waals surface area contributed by atoms with Gasteiger partial charge in [0.15, 0.2) is 0 Å². The second kappa shape index (κ2) is 3.62. The van der Waals surface area contributed by atoms with Crippen molar-refractivity contribution >= 4 is 23.1 Å². The Kier molecular flexibility index (Phi) is 2.44. The van der Waals surface area contributed by atoms with Gasteiger partial charge in [-0.3, -0.25) is 0 Å². The lowest BCUT2D eigenvalue weighted by Crippen LogP contribution is -2.07. The second-order valence-electron chi connectivity index (χ2n) is 3.16. The number of hydrogen-bond acceptors (Lipinski definition) is 2. The summed E-state index contributed by atoms with van der Waals surface area (Å²) >= 11 is 5.58. The molecule has 78 valence electrons. The zero-order chi connectivity index (χ0) is 11.0. The van der Waals surface area contributed by atoms with Gasteiger partial charge in [0.05, 0.1) is 11.4 Å². The highest BCUT2D eigenvalue weighted by molar-refractivity contribution is 6.30. The van der Waals surface area contributed by atoms with Crippen molar-refractivity contribution in [2.45, 2.75) is 6.42 Å². The molecule has 0 aliphatic carbocycles. The van der Waals surface area contributed by atoms with Gasteiger partial charge in [-0.2, -0.15) is 0 Å². The van der Waals surface area contributed by atoms with E-state index in [4.69, 9.17) is 17.3 Å². The molecular formula is C10H7ClF2N2. The maximum atomic E-state index is 13.3. The third-order valence-electron chi connectivity index (χ3n) is 2.04. The van der Waals surface area contributed by atoms with Gasteiger partial charge in [-0.1, -0.05) is 11.6 Å². The summed E-state index contributed by atoms with van der Waals surface area (Å²) in [7, 11) is 0. The van der Waals surface area contributed by atoms with Gasteiger partial charge in [-0.25, -0.2) is 13.8 Å². The highest BCUT2D eigenvalue weighted by Crippen LogP contribution is 2.30. The molecule has 2 nitrogen and oxygen atoms in total. The van der Waals surface area contributed by atoms with E-state index in [2.05, 4.69) is 4.99 Å². The van der Waals surface area contributed by atoms with Gasteiger partial charge < -0.3 is 5.73 Å². The lowest BCUT2D eigenvalue weighted by atomic mass is 10.1. The highest BCUT2D eigenvalue weighted by Gasteiger charge is 2.17. The first-order valence-electron chi connectivity index (χ1n) is 4.25. The van der Waals surface area contributed by atoms with Crippen LogP contribution in [0.4, 0.5) is 8.78 Å². The van der Waals surface area contributed by atoms with Crippen LogP contribution in [-0.4, -0.2) is 5.84 Å². The first kappa shape index (κ1) is 10.1. The van der Waals surface area contributed by atoms with Crippen molar-refractivity contribution in [3.63, 3.8) is 0 Å². The van der Waals surface area contributed by atoms with Crippen molar-refractivity contribution in [3.8, 4) is 0 Å². The molecule has 0 amide bonds. The predicted molar refractivity (Wildman–Crippen MR) is 55.7 cm³/mol. The largest absolute Gasteiger partial charge is 0.387 e. The molecule has 0 saturated heterocycles. The zero-order valence-electron chi connectivity index (χ0n) is 7.60. The molecule has 0 spiro atoms. The highest BCUT2D eigenvalue weighted by atomic mass is 35.5. The van der Waals surface area contributed by atoms with Gasteiger partial charge in [-0.05, 0) is 18.2 Å². The van der Waals surface area contributed by atoms with Crippen LogP contribution in [0.1, 0.15) is 12.0 Å². The number of aliphatic imine (C=N–C) groups is 1. The van der Waals surface area contributed by atoms with Crippen molar-refractivity contribution in [3.05, 3.63) is 40.4 Å². The number of nitrogens with two attached hydrogens (primary N) is 1. The Morgan fingerprint density at radius 3 is 2.60 bits per heavy atom. The molecule has 0 fully saturated rings. The lowest BCUT2D eigenvalue weighted by molar-refractivity contribution is 0.626. The minimum Gasteiger partial charge on any atom is -0.387 e. The zero-order valence-corrected chi connectivity index (χ0v) is 8.35. The van der Waals surface area contributed by atoms with Gasteiger partial charge in [0, 0.05) is 5.56 Å². The van der Waals surface area contributed by atoms with E-state index in [0.29, 0.717) is 5.56 Å². The number of nitrogens with zero attached hydrogens (tertiary/aromatic N) is 1. The summed E-state index contributed by atoms with van der Waals surface area (Å²) in [6, 6.07) is 3.91. The normalized spacial score (nSPS) is 15.8. The summed E-state index contributed by atoms with van der Waals surface area (Å²) in [6.07, 6.45) is 0.00429. The molecular weight excluding hydrogens is 222 g/mol. The maximum absolute atomic E-state index is 13.3. The van der Waals surface area contributed by atoms with Crippen LogP contribution in [0.2, 0.25) is 5.02 Å². The van der Waals surface area contributed by atoms with Crippen LogP contribution < -0.4 is 5.73 Å². The predicted octanol–water partition coefficient (Wildman–Crippen LogP) is 2.88. The molecule has 0 unspecified atom stereocenters. The molecule has 15 heavy (non-hydrogen) atoms. The summed E-state index contributed by atoms with van der Waals surface area (Å²) in [5.41, 5.74) is 5.95. The number of amidine groups is 1. The van der Waals surface area contributed by atoms with Crippen molar-refractivity contribution in [2.75, 3.05) is 0 Å². The van der Waals surface area contributed by atoms with E-state index >= 15 is 0 Å². The maximum Gasteiger partial charge on any atom is 0.141 e. The van der Waals surface area contributed by atoms with E-state index in [1.807, 2.05) is 0 Å². The Labute approximate surface area is 90.1 Å². The fourth-order valence-electron chi connectivity index (χ4n) is 1.35. The van der Waals surface area contributed by atoms with E-state index in [1.165, 1.54) is 18.2 Å². The molecule has 0 aromatic heterocycles. The standard InChI is InChI=1S/C10H7ClF2N2/c11-6-3-5(1-2-7(6)12)10-8(13)4-9(14)15-10/h1-3H,4H2,(H2,14,15). The minimum absolute atomic E-state index is 0.00429. The van der Waals surface area contributed by atoms with Crippen molar-refractivity contribution in [2.24, 2.45) is 10.7 Å². The third kappa shape index (κ3) is 1.85. The van der Waals surface area contributed by atoms with E-state index < -0.39 is 11.6 Å². The molecule has 1 aliphatic rings. The Hall–Kier alpha value is -1.42. The summed E-state index contributed by atoms with van der Waals surface area (Å²) in [5.74, 6) is -0.755. The minimum atomic E-state index is -0.545. The van der Waals surface area contributed by atoms with Crippen molar-refractivity contribution < 1.29 is 8.78 Å². The molecule has 0 atom stereocenters. The van der Waals surface area contributed by atoms with Crippen molar-refractivity contribution in [1.82, 2.24) is 0 Å². The average Bonchev–Trinajstić information content (AvgIpc) is 2.50. The first-order valence-corrected chi connectivity index (χ1v) is 4.63. The van der Waals surface area contributed by atoms with Gasteiger partial charge >= 0.3 is 0 Å².